The summed E-state index contributed by atoms with van der Waals surface area (Å²) in [7, 11) is 0. The van der Waals surface area contributed by atoms with Gasteiger partial charge in [0.1, 0.15) is 0 Å². The standard InChI is InChI=1S/C13H15N3O2S/c17-12-13(18)16-11-6-8(3-4-10(11)15-12)14-9-2-1-5-19-7-9/h3-4,6,9,14H,1-2,5,7H2,(H,15,17)(H,16,18). The van der Waals surface area contributed by atoms with E-state index in [1.54, 1.807) is 0 Å². The molecule has 0 radical (unpaired) electrons. The number of H-pyrrole nitrogens is 2. The van der Waals surface area contributed by atoms with Gasteiger partial charge in [0.05, 0.1) is 11.0 Å². The quantitative estimate of drug-likeness (QED) is 0.727. The zero-order valence-corrected chi connectivity index (χ0v) is 11.2. The van der Waals surface area contributed by atoms with Crippen LogP contribution >= 0.6 is 11.8 Å². The third-order valence-corrected chi connectivity index (χ3v) is 4.47. The zero-order valence-electron chi connectivity index (χ0n) is 10.4. The number of fused-ring (bicyclic) bond motifs is 1. The molecular formula is C13H15N3O2S. The molecule has 1 atom stereocenters. The van der Waals surface area contributed by atoms with Crippen molar-refractivity contribution in [2.24, 2.45) is 0 Å². The van der Waals surface area contributed by atoms with Crippen molar-refractivity contribution in [2.45, 2.75) is 18.9 Å². The second-order valence-corrected chi connectivity index (χ2v) is 5.88. The van der Waals surface area contributed by atoms with Crippen LogP contribution in [0.4, 0.5) is 5.69 Å². The molecule has 1 aromatic heterocycles. The topological polar surface area (TPSA) is 77.8 Å². The smallest absolute Gasteiger partial charge is 0.314 e. The van der Waals surface area contributed by atoms with Crippen LogP contribution in [0.2, 0.25) is 0 Å². The lowest BCUT2D eigenvalue weighted by Crippen LogP contribution is -2.29. The summed E-state index contributed by atoms with van der Waals surface area (Å²) >= 11 is 1.96. The van der Waals surface area contributed by atoms with Crippen LogP contribution in [0.15, 0.2) is 27.8 Å². The maximum absolute atomic E-state index is 11.3. The summed E-state index contributed by atoms with van der Waals surface area (Å²) in [5.74, 6) is 2.35. The first kappa shape index (κ1) is 12.3. The number of aromatic amines is 2. The lowest BCUT2D eigenvalue weighted by Gasteiger charge is -2.23. The van der Waals surface area contributed by atoms with Crippen LogP contribution in [0.5, 0.6) is 0 Å². The molecule has 0 amide bonds. The predicted molar refractivity (Wildman–Crippen MR) is 79.2 cm³/mol. The first-order chi connectivity index (χ1) is 9.22. The fraction of sp³-hybridized carbons (Fsp3) is 0.385. The van der Waals surface area contributed by atoms with Crippen molar-refractivity contribution in [3.63, 3.8) is 0 Å². The van der Waals surface area contributed by atoms with Crippen LogP contribution in [0, 0.1) is 0 Å². The maximum atomic E-state index is 11.3. The van der Waals surface area contributed by atoms with Crippen LogP contribution in [-0.4, -0.2) is 27.5 Å². The number of hydrogen-bond acceptors (Lipinski definition) is 4. The van der Waals surface area contributed by atoms with Gasteiger partial charge >= 0.3 is 11.1 Å². The Balaban J connectivity index is 1.90. The van der Waals surface area contributed by atoms with Crippen molar-refractivity contribution in [1.29, 1.82) is 0 Å². The normalized spacial score (nSPS) is 19.5. The second kappa shape index (κ2) is 5.13. The van der Waals surface area contributed by atoms with Crippen LogP contribution in [-0.2, 0) is 0 Å². The molecule has 0 spiro atoms. The minimum absolute atomic E-state index is 0.477. The molecule has 0 saturated carbocycles. The Bertz CT molecular complexity index is 701. The number of aromatic nitrogens is 2. The van der Waals surface area contributed by atoms with Crippen molar-refractivity contribution >= 4 is 28.5 Å². The van der Waals surface area contributed by atoms with Gasteiger partial charge in [-0.3, -0.25) is 9.59 Å². The number of benzene rings is 1. The molecule has 2 heterocycles. The minimum Gasteiger partial charge on any atom is -0.381 e. The predicted octanol–water partition coefficient (Wildman–Crippen LogP) is 1.52. The summed E-state index contributed by atoms with van der Waals surface area (Å²) in [6, 6.07) is 6.08. The van der Waals surface area contributed by atoms with E-state index in [4.69, 9.17) is 0 Å². The van der Waals surface area contributed by atoms with E-state index in [2.05, 4.69) is 15.3 Å². The Morgan fingerprint density at radius 3 is 2.68 bits per heavy atom. The molecule has 5 nitrogen and oxygen atoms in total. The molecular weight excluding hydrogens is 262 g/mol. The molecule has 1 aliphatic rings. The van der Waals surface area contributed by atoms with E-state index < -0.39 is 11.1 Å². The molecule has 0 aliphatic carbocycles. The van der Waals surface area contributed by atoms with Crippen LogP contribution < -0.4 is 16.4 Å². The van der Waals surface area contributed by atoms with Gasteiger partial charge in [0, 0.05) is 17.5 Å². The highest BCUT2D eigenvalue weighted by Crippen LogP contribution is 2.22. The highest BCUT2D eigenvalue weighted by atomic mass is 32.2. The maximum Gasteiger partial charge on any atom is 0.314 e. The van der Waals surface area contributed by atoms with Crippen LogP contribution in [0.3, 0.4) is 0 Å². The first-order valence-electron chi connectivity index (χ1n) is 6.33. The van der Waals surface area contributed by atoms with E-state index in [0.29, 0.717) is 17.1 Å². The summed E-state index contributed by atoms with van der Waals surface area (Å²) in [5, 5.41) is 3.47. The fourth-order valence-electron chi connectivity index (χ4n) is 2.29. The SMILES string of the molecule is O=c1[nH]c2ccc(NC3CCCSC3)cc2[nH]c1=O. The summed E-state index contributed by atoms with van der Waals surface area (Å²) in [4.78, 5) is 27.7. The Morgan fingerprint density at radius 2 is 1.95 bits per heavy atom. The Hall–Kier alpha value is -1.69. The number of thioether (sulfide) groups is 1. The summed E-state index contributed by atoms with van der Waals surface area (Å²) in [6.45, 7) is 0. The second-order valence-electron chi connectivity index (χ2n) is 4.73. The molecule has 2 aromatic rings. The zero-order chi connectivity index (χ0) is 13.2. The Kier molecular flexibility index (Phi) is 3.33. The molecule has 100 valence electrons. The van der Waals surface area contributed by atoms with Crippen molar-refractivity contribution in [1.82, 2.24) is 9.97 Å². The molecule has 6 heteroatoms. The van der Waals surface area contributed by atoms with E-state index in [9.17, 15) is 9.59 Å². The van der Waals surface area contributed by atoms with E-state index in [-0.39, 0.29) is 0 Å². The molecule has 3 rings (SSSR count). The highest BCUT2D eigenvalue weighted by Gasteiger charge is 2.13. The lowest BCUT2D eigenvalue weighted by molar-refractivity contribution is 0.685. The number of rotatable bonds is 2. The van der Waals surface area contributed by atoms with Gasteiger partial charge in [0.2, 0.25) is 0 Å². The average Bonchev–Trinajstić information content (AvgIpc) is 2.42. The van der Waals surface area contributed by atoms with Crippen molar-refractivity contribution in [2.75, 3.05) is 16.8 Å². The summed E-state index contributed by atoms with van der Waals surface area (Å²) in [5.41, 5.74) is 1.05. The van der Waals surface area contributed by atoms with Gasteiger partial charge in [-0.1, -0.05) is 0 Å². The van der Waals surface area contributed by atoms with Crippen molar-refractivity contribution in [3.8, 4) is 0 Å². The molecule has 19 heavy (non-hydrogen) atoms. The first-order valence-corrected chi connectivity index (χ1v) is 7.48. The summed E-state index contributed by atoms with van der Waals surface area (Å²) < 4.78 is 0. The monoisotopic (exact) mass is 277 g/mol. The molecule has 0 bridgehead atoms. The number of nitrogens with one attached hydrogen (secondary N) is 3. The number of anilines is 1. The Labute approximate surface area is 113 Å². The molecule has 1 aromatic carbocycles. The minimum atomic E-state index is -0.614. The van der Waals surface area contributed by atoms with Crippen LogP contribution in [0.1, 0.15) is 12.8 Å². The third-order valence-electron chi connectivity index (χ3n) is 3.25. The highest BCUT2D eigenvalue weighted by molar-refractivity contribution is 7.99. The van der Waals surface area contributed by atoms with Crippen molar-refractivity contribution in [3.05, 3.63) is 38.9 Å². The lowest BCUT2D eigenvalue weighted by atomic mass is 10.1. The van der Waals surface area contributed by atoms with Crippen LogP contribution in [0.25, 0.3) is 11.0 Å². The molecule has 1 unspecified atom stereocenters. The van der Waals surface area contributed by atoms with E-state index in [1.807, 2.05) is 30.0 Å². The van der Waals surface area contributed by atoms with Gasteiger partial charge in [0.15, 0.2) is 0 Å². The van der Waals surface area contributed by atoms with Gasteiger partial charge in [-0.25, -0.2) is 0 Å². The van der Waals surface area contributed by atoms with Crippen molar-refractivity contribution < 1.29 is 0 Å². The van der Waals surface area contributed by atoms with Gasteiger partial charge in [-0.2, -0.15) is 11.8 Å². The van der Waals surface area contributed by atoms with Gasteiger partial charge in [-0.05, 0) is 36.8 Å². The molecule has 1 fully saturated rings. The average molecular weight is 277 g/mol. The third kappa shape index (κ3) is 2.68. The van der Waals surface area contributed by atoms with E-state index in [1.165, 1.54) is 18.6 Å². The molecule has 1 aliphatic heterocycles. The number of hydrogen-bond donors (Lipinski definition) is 3. The van der Waals surface area contributed by atoms with E-state index in [0.717, 1.165) is 11.4 Å². The van der Waals surface area contributed by atoms with Gasteiger partial charge in [-0.15, -0.1) is 0 Å². The van der Waals surface area contributed by atoms with Gasteiger partial charge < -0.3 is 15.3 Å². The molecule has 3 N–H and O–H groups in total. The fourth-order valence-corrected chi connectivity index (χ4v) is 3.37. The molecule has 1 saturated heterocycles. The largest absolute Gasteiger partial charge is 0.381 e. The Morgan fingerprint density at radius 1 is 1.16 bits per heavy atom. The van der Waals surface area contributed by atoms with Gasteiger partial charge in [0.25, 0.3) is 0 Å². The van der Waals surface area contributed by atoms with E-state index >= 15 is 0 Å². The summed E-state index contributed by atoms with van der Waals surface area (Å²) in [6.07, 6.45) is 2.41.